The van der Waals surface area contributed by atoms with E-state index in [9.17, 15) is 9.59 Å². The van der Waals surface area contributed by atoms with Crippen LogP contribution in [0.2, 0.25) is 0 Å². The van der Waals surface area contributed by atoms with Crippen LogP contribution in [0.15, 0.2) is 42.6 Å². The van der Waals surface area contributed by atoms with E-state index in [1.807, 2.05) is 13.8 Å². The Labute approximate surface area is 127 Å². The maximum atomic E-state index is 12.0. The van der Waals surface area contributed by atoms with E-state index in [2.05, 4.69) is 4.98 Å². The number of ether oxygens (including phenoxy) is 2. The smallest absolute Gasteiger partial charge is 0.345 e. The van der Waals surface area contributed by atoms with E-state index in [1.54, 1.807) is 30.3 Å². The van der Waals surface area contributed by atoms with E-state index in [0.717, 1.165) is 0 Å². The summed E-state index contributed by atoms with van der Waals surface area (Å²) in [7, 11) is 0. The van der Waals surface area contributed by atoms with Crippen molar-refractivity contribution in [3.05, 3.63) is 53.7 Å². The van der Waals surface area contributed by atoms with Crippen LogP contribution in [-0.4, -0.2) is 23.0 Å². The monoisotopic (exact) mass is 300 g/mol. The van der Waals surface area contributed by atoms with Crippen molar-refractivity contribution < 1.29 is 19.1 Å². The summed E-state index contributed by atoms with van der Waals surface area (Å²) in [5.41, 5.74) is 5.72. The zero-order chi connectivity index (χ0) is 16.1. The Bertz CT molecular complexity index is 681. The molecular weight excluding hydrogens is 284 g/mol. The second-order valence-electron chi connectivity index (χ2n) is 4.83. The minimum Gasteiger partial charge on any atom is -0.475 e. The number of carbonyl (C=O) groups excluding carboxylic acids is 2. The number of primary amides is 1. The number of benzene rings is 1. The fourth-order valence-corrected chi connectivity index (χ4v) is 1.69. The first-order valence-electron chi connectivity index (χ1n) is 6.70. The summed E-state index contributed by atoms with van der Waals surface area (Å²) in [5.74, 6) is -0.494. The number of nitrogens with zero attached hydrogens (tertiary/aromatic N) is 1. The molecule has 114 valence electrons. The molecule has 6 heteroatoms. The van der Waals surface area contributed by atoms with Gasteiger partial charge in [-0.15, -0.1) is 0 Å². The largest absolute Gasteiger partial charge is 0.475 e. The predicted octanol–water partition coefficient (Wildman–Crippen LogP) is 2.19. The van der Waals surface area contributed by atoms with Crippen LogP contribution in [0, 0.1) is 0 Å². The zero-order valence-electron chi connectivity index (χ0n) is 12.3. The van der Waals surface area contributed by atoms with Gasteiger partial charge in [0.25, 0.3) is 0 Å². The summed E-state index contributed by atoms with van der Waals surface area (Å²) in [6.45, 7) is 3.77. The Morgan fingerprint density at radius 2 is 1.91 bits per heavy atom. The lowest BCUT2D eigenvalue weighted by molar-refractivity contribution is 0.0733. The molecule has 0 aliphatic heterocycles. The van der Waals surface area contributed by atoms with Gasteiger partial charge < -0.3 is 15.2 Å². The van der Waals surface area contributed by atoms with Crippen LogP contribution < -0.4 is 15.2 Å². The molecule has 0 spiro atoms. The molecule has 0 aliphatic rings. The van der Waals surface area contributed by atoms with Gasteiger partial charge in [-0.2, -0.15) is 0 Å². The molecule has 1 heterocycles. The standard InChI is InChI=1S/C16H16N2O4/c1-10(2)21-14-7-6-12(9-18-14)16(20)22-13-5-3-4-11(8-13)15(17)19/h3-10H,1-2H3,(H2,17,19). The summed E-state index contributed by atoms with van der Waals surface area (Å²) in [5, 5.41) is 0. The fraction of sp³-hybridized carbons (Fsp3) is 0.188. The highest BCUT2D eigenvalue weighted by Crippen LogP contribution is 2.16. The Morgan fingerprint density at radius 1 is 1.14 bits per heavy atom. The van der Waals surface area contributed by atoms with Crippen molar-refractivity contribution in [2.75, 3.05) is 0 Å². The second-order valence-corrected chi connectivity index (χ2v) is 4.83. The Balaban J connectivity index is 2.08. The van der Waals surface area contributed by atoms with Gasteiger partial charge >= 0.3 is 5.97 Å². The third-order valence-electron chi connectivity index (χ3n) is 2.66. The lowest BCUT2D eigenvalue weighted by atomic mass is 10.2. The molecule has 6 nitrogen and oxygen atoms in total. The number of carbonyl (C=O) groups is 2. The molecule has 0 bridgehead atoms. The fourth-order valence-electron chi connectivity index (χ4n) is 1.69. The van der Waals surface area contributed by atoms with Gasteiger partial charge in [0.05, 0.1) is 11.7 Å². The average molecular weight is 300 g/mol. The quantitative estimate of drug-likeness (QED) is 0.675. The highest BCUT2D eigenvalue weighted by Gasteiger charge is 2.11. The Kier molecular flexibility index (Phi) is 4.73. The zero-order valence-corrected chi connectivity index (χ0v) is 12.3. The molecule has 0 aliphatic carbocycles. The van der Waals surface area contributed by atoms with Crippen molar-refractivity contribution in [2.45, 2.75) is 20.0 Å². The van der Waals surface area contributed by atoms with Crippen molar-refractivity contribution in [1.82, 2.24) is 4.98 Å². The number of hydrogen-bond acceptors (Lipinski definition) is 5. The van der Waals surface area contributed by atoms with E-state index in [4.69, 9.17) is 15.2 Å². The molecule has 1 amide bonds. The van der Waals surface area contributed by atoms with E-state index in [1.165, 1.54) is 12.3 Å². The number of esters is 1. The van der Waals surface area contributed by atoms with Gasteiger partial charge in [0.1, 0.15) is 5.75 Å². The second kappa shape index (κ2) is 6.71. The minimum atomic E-state index is -0.588. The highest BCUT2D eigenvalue weighted by molar-refractivity contribution is 5.94. The molecule has 1 aromatic heterocycles. The summed E-state index contributed by atoms with van der Waals surface area (Å²) >= 11 is 0. The number of pyridine rings is 1. The van der Waals surface area contributed by atoms with Crippen molar-refractivity contribution in [3.63, 3.8) is 0 Å². The van der Waals surface area contributed by atoms with Crippen LogP contribution >= 0.6 is 0 Å². The van der Waals surface area contributed by atoms with Crippen LogP contribution in [0.1, 0.15) is 34.6 Å². The van der Waals surface area contributed by atoms with Gasteiger partial charge in [-0.25, -0.2) is 9.78 Å². The SMILES string of the molecule is CC(C)Oc1ccc(C(=O)Oc2cccc(C(N)=O)c2)cn1. The summed E-state index contributed by atoms with van der Waals surface area (Å²) in [4.78, 5) is 27.1. The normalized spacial score (nSPS) is 10.3. The average Bonchev–Trinajstić information content (AvgIpc) is 2.47. The molecule has 0 saturated heterocycles. The topological polar surface area (TPSA) is 91.5 Å². The first kappa shape index (κ1) is 15.5. The molecule has 0 saturated carbocycles. The van der Waals surface area contributed by atoms with Crippen LogP contribution in [-0.2, 0) is 0 Å². The number of hydrogen-bond donors (Lipinski definition) is 1. The lowest BCUT2D eigenvalue weighted by Crippen LogP contribution is -2.13. The number of amides is 1. The van der Waals surface area contributed by atoms with Crippen LogP contribution in [0.5, 0.6) is 11.6 Å². The third kappa shape index (κ3) is 4.05. The van der Waals surface area contributed by atoms with Crippen LogP contribution in [0.25, 0.3) is 0 Å². The molecule has 22 heavy (non-hydrogen) atoms. The molecule has 0 unspecified atom stereocenters. The third-order valence-corrected chi connectivity index (χ3v) is 2.66. The predicted molar refractivity (Wildman–Crippen MR) is 79.9 cm³/mol. The van der Waals surface area contributed by atoms with Gasteiger partial charge in [-0.3, -0.25) is 4.79 Å². The lowest BCUT2D eigenvalue weighted by Gasteiger charge is -2.09. The molecule has 0 radical (unpaired) electrons. The maximum Gasteiger partial charge on any atom is 0.345 e. The van der Waals surface area contributed by atoms with Gasteiger partial charge in [0.2, 0.25) is 11.8 Å². The van der Waals surface area contributed by atoms with Crippen LogP contribution in [0.3, 0.4) is 0 Å². The molecule has 1 aromatic carbocycles. The van der Waals surface area contributed by atoms with Crippen LogP contribution in [0.4, 0.5) is 0 Å². The van der Waals surface area contributed by atoms with E-state index in [-0.39, 0.29) is 23.0 Å². The van der Waals surface area contributed by atoms with E-state index < -0.39 is 11.9 Å². The van der Waals surface area contributed by atoms with Crippen molar-refractivity contribution in [2.24, 2.45) is 5.73 Å². The van der Waals surface area contributed by atoms with Crippen molar-refractivity contribution in [3.8, 4) is 11.6 Å². The van der Waals surface area contributed by atoms with E-state index in [0.29, 0.717) is 5.88 Å². The minimum absolute atomic E-state index is 0.00170. The van der Waals surface area contributed by atoms with Gasteiger partial charge in [-0.1, -0.05) is 6.07 Å². The first-order chi connectivity index (χ1) is 10.5. The van der Waals surface area contributed by atoms with E-state index >= 15 is 0 Å². The van der Waals surface area contributed by atoms with Crippen molar-refractivity contribution in [1.29, 1.82) is 0 Å². The molecule has 0 fully saturated rings. The molecule has 2 N–H and O–H groups in total. The number of aromatic nitrogens is 1. The summed E-state index contributed by atoms with van der Waals surface area (Å²) in [6, 6.07) is 9.25. The van der Waals surface area contributed by atoms with Gasteiger partial charge in [-0.05, 0) is 38.1 Å². The number of nitrogens with two attached hydrogens (primary N) is 1. The number of rotatable bonds is 5. The molecule has 2 aromatic rings. The summed E-state index contributed by atoms with van der Waals surface area (Å²) < 4.78 is 10.6. The van der Waals surface area contributed by atoms with Gasteiger partial charge in [0.15, 0.2) is 0 Å². The first-order valence-corrected chi connectivity index (χ1v) is 6.70. The van der Waals surface area contributed by atoms with Gasteiger partial charge in [0, 0.05) is 17.8 Å². The Morgan fingerprint density at radius 3 is 2.50 bits per heavy atom. The molecule has 0 atom stereocenters. The Hall–Kier alpha value is -2.89. The molecular formula is C16H16N2O4. The highest BCUT2D eigenvalue weighted by atomic mass is 16.5. The maximum absolute atomic E-state index is 12.0. The summed E-state index contributed by atoms with van der Waals surface area (Å²) in [6.07, 6.45) is 1.37. The van der Waals surface area contributed by atoms with Crippen molar-refractivity contribution >= 4 is 11.9 Å². The molecule has 2 rings (SSSR count).